The van der Waals surface area contributed by atoms with Gasteiger partial charge in [0.25, 0.3) is 0 Å². The molecule has 0 bridgehead atoms. The molecular weight excluding hydrogens is 278 g/mol. The van der Waals surface area contributed by atoms with E-state index >= 15 is 0 Å². The molecular formula is C17H25N3O2. The number of aromatic nitrogens is 1. The molecule has 2 rings (SSSR count). The van der Waals surface area contributed by atoms with Crippen molar-refractivity contribution in [2.75, 3.05) is 20.2 Å². The second kappa shape index (κ2) is 7.29. The number of hydrogen-bond donors (Lipinski definition) is 1. The molecule has 1 N–H and O–H groups in total. The SMILES string of the molecule is C=CC1CCN(C(=O)NCc2ncc(C)c(OC)c2C)CC1. The first-order chi connectivity index (χ1) is 10.6. The summed E-state index contributed by atoms with van der Waals surface area (Å²) in [4.78, 5) is 18.5. The van der Waals surface area contributed by atoms with Crippen LogP contribution in [0.3, 0.4) is 0 Å². The lowest BCUT2D eigenvalue weighted by Crippen LogP contribution is -2.44. The Balaban J connectivity index is 1.93. The molecule has 0 spiro atoms. The van der Waals surface area contributed by atoms with Crippen LogP contribution in [0, 0.1) is 19.8 Å². The van der Waals surface area contributed by atoms with Crippen LogP contribution in [0.2, 0.25) is 0 Å². The normalized spacial score (nSPS) is 15.5. The van der Waals surface area contributed by atoms with Crippen molar-refractivity contribution in [1.82, 2.24) is 15.2 Å². The van der Waals surface area contributed by atoms with Crippen molar-refractivity contribution in [2.24, 2.45) is 5.92 Å². The number of hydrogen-bond acceptors (Lipinski definition) is 3. The van der Waals surface area contributed by atoms with Crippen molar-refractivity contribution < 1.29 is 9.53 Å². The summed E-state index contributed by atoms with van der Waals surface area (Å²) in [5.74, 6) is 1.38. The number of carbonyl (C=O) groups excluding carboxylic acids is 1. The first-order valence-electron chi connectivity index (χ1n) is 7.71. The van der Waals surface area contributed by atoms with Gasteiger partial charge in [-0.05, 0) is 32.6 Å². The molecule has 5 heteroatoms. The van der Waals surface area contributed by atoms with Gasteiger partial charge in [-0.2, -0.15) is 0 Å². The van der Waals surface area contributed by atoms with Crippen LogP contribution in [0.4, 0.5) is 4.79 Å². The molecule has 1 aromatic heterocycles. The zero-order valence-corrected chi connectivity index (χ0v) is 13.7. The van der Waals surface area contributed by atoms with E-state index in [2.05, 4.69) is 16.9 Å². The summed E-state index contributed by atoms with van der Waals surface area (Å²) in [6, 6.07) is -0.0248. The third kappa shape index (κ3) is 3.59. The molecule has 2 heterocycles. The van der Waals surface area contributed by atoms with Gasteiger partial charge in [0, 0.05) is 30.4 Å². The highest BCUT2D eigenvalue weighted by atomic mass is 16.5. The van der Waals surface area contributed by atoms with Crippen LogP contribution in [-0.2, 0) is 6.54 Å². The van der Waals surface area contributed by atoms with Crippen LogP contribution in [0.25, 0.3) is 0 Å². The molecule has 2 amide bonds. The topological polar surface area (TPSA) is 54.5 Å². The maximum atomic E-state index is 12.2. The number of piperidine rings is 1. The zero-order valence-electron chi connectivity index (χ0n) is 13.7. The van der Waals surface area contributed by atoms with Gasteiger partial charge in [-0.1, -0.05) is 6.08 Å². The number of carbonyl (C=O) groups is 1. The Morgan fingerprint density at radius 1 is 1.50 bits per heavy atom. The third-order valence-corrected chi connectivity index (χ3v) is 4.32. The predicted molar refractivity (Wildman–Crippen MR) is 87.0 cm³/mol. The van der Waals surface area contributed by atoms with E-state index in [1.54, 1.807) is 13.3 Å². The monoisotopic (exact) mass is 303 g/mol. The molecule has 1 aliphatic rings. The van der Waals surface area contributed by atoms with Crippen molar-refractivity contribution in [1.29, 1.82) is 0 Å². The lowest BCUT2D eigenvalue weighted by Gasteiger charge is -2.30. The van der Waals surface area contributed by atoms with Crippen molar-refractivity contribution >= 4 is 6.03 Å². The van der Waals surface area contributed by atoms with Crippen molar-refractivity contribution in [3.05, 3.63) is 35.7 Å². The minimum atomic E-state index is -0.0248. The minimum Gasteiger partial charge on any atom is -0.496 e. The Bertz CT molecular complexity index is 549. The van der Waals surface area contributed by atoms with Gasteiger partial charge in [0.2, 0.25) is 0 Å². The van der Waals surface area contributed by atoms with E-state index < -0.39 is 0 Å². The Morgan fingerprint density at radius 3 is 2.77 bits per heavy atom. The fourth-order valence-corrected chi connectivity index (χ4v) is 2.86. The van der Waals surface area contributed by atoms with Crippen LogP contribution in [0.5, 0.6) is 5.75 Å². The summed E-state index contributed by atoms with van der Waals surface area (Å²) >= 11 is 0. The molecule has 5 nitrogen and oxygen atoms in total. The van der Waals surface area contributed by atoms with Crippen LogP contribution in [0.1, 0.15) is 29.7 Å². The van der Waals surface area contributed by atoms with Crippen molar-refractivity contribution in [2.45, 2.75) is 33.2 Å². The summed E-state index contributed by atoms with van der Waals surface area (Å²) in [6.07, 6.45) is 5.75. The number of pyridine rings is 1. The maximum Gasteiger partial charge on any atom is 0.317 e. The second-order valence-electron chi connectivity index (χ2n) is 5.77. The molecule has 1 aromatic rings. The smallest absolute Gasteiger partial charge is 0.317 e. The summed E-state index contributed by atoms with van der Waals surface area (Å²) in [5, 5.41) is 2.96. The molecule has 0 aromatic carbocycles. The molecule has 0 saturated carbocycles. The lowest BCUT2D eigenvalue weighted by molar-refractivity contribution is 0.177. The summed E-state index contributed by atoms with van der Waals surface area (Å²) in [6.45, 7) is 9.74. The van der Waals surface area contributed by atoms with Gasteiger partial charge >= 0.3 is 6.03 Å². The van der Waals surface area contributed by atoms with Crippen LogP contribution in [-0.4, -0.2) is 36.1 Å². The van der Waals surface area contributed by atoms with Gasteiger partial charge in [-0.3, -0.25) is 4.98 Å². The van der Waals surface area contributed by atoms with E-state index in [-0.39, 0.29) is 6.03 Å². The number of methoxy groups -OCH3 is 1. The Labute approximate surface area is 132 Å². The molecule has 1 fully saturated rings. The largest absolute Gasteiger partial charge is 0.496 e. The number of rotatable bonds is 4. The summed E-state index contributed by atoms with van der Waals surface area (Å²) in [5.41, 5.74) is 2.83. The average Bonchev–Trinajstić information content (AvgIpc) is 2.54. The maximum absolute atomic E-state index is 12.2. The first-order valence-corrected chi connectivity index (χ1v) is 7.71. The molecule has 0 unspecified atom stereocenters. The molecule has 0 atom stereocenters. The first kappa shape index (κ1) is 16.3. The summed E-state index contributed by atoms with van der Waals surface area (Å²) in [7, 11) is 1.65. The standard InChI is InChI=1S/C17H25N3O2/c1-5-14-6-8-20(9-7-14)17(21)19-11-15-13(3)16(22-4)12(2)10-18-15/h5,10,14H,1,6-9,11H2,2-4H3,(H,19,21). The average molecular weight is 303 g/mol. The third-order valence-electron chi connectivity index (χ3n) is 4.32. The number of likely N-dealkylation sites (tertiary alicyclic amines) is 1. The predicted octanol–water partition coefficient (Wildman–Crippen LogP) is 2.81. The number of aryl methyl sites for hydroxylation is 1. The van der Waals surface area contributed by atoms with E-state index in [1.165, 1.54) is 0 Å². The Hall–Kier alpha value is -2.04. The van der Waals surface area contributed by atoms with E-state index in [0.29, 0.717) is 12.5 Å². The number of amides is 2. The molecule has 1 saturated heterocycles. The number of nitrogens with one attached hydrogen (secondary N) is 1. The fourth-order valence-electron chi connectivity index (χ4n) is 2.86. The molecule has 22 heavy (non-hydrogen) atoms. The Kier molecular flexibility index (Phi) is 5.41. The highest BCUT2D eigenvalue weighted by molar-refractivity contribution is 5.74. The van der Waals surface area contributed by atoms with Crippen LogP contribution >= 0.6 is 0 Å². The Morgan fingerprint density at radius 2 is 2.18 bits per heavy atom. The van der Waals surface area contributed by atoms with Crippen LogP contribution in [0.15, 0.2) is 18.9 Å². The molecule has 0 radical (unpaired) electrons. The van der Waals surface area contributed by atoms with Gasteiger partial charge in [-0.15, -0.1) is 6.58 Å². The second-order valence-corrected chi connectivity index (χ2v) is 5.77. The lowest BCUT2D eigenvalue weighted by atomic mass is 9.97. The number of ether oxygens (including phenoxy) is 1. The molecule has 120 valence electrons. The van der Waals surface area contributed by atoms with Gasteiger partial charge in [0.1, 0.15) is 5.75 Å². The van der Waals surface area contributed by atoms with Gasteiger partial charge in [-0.25, -0.2) is 4.79 Å². The highest BCUT2D eigenvalue weighted by Crippen LogP contribution is 2.24. The van der Waals surface area contributed by atoms with Gasteiger partial charge in [0.15, 0.2) is 0 Å². The number of urea groups is 1. The van der Waals surface area contributed by atoms with Crippen molar-refractivity contribution in [3.63, 3.8) is 0 Å². The highest BCUT2D eigenvalue weighted by Gasteiger charge is 2.21. The van der Waals surface area contributed by atoms with E-state index in [9.17, 15) is 4.79 Å². The fraction of sp³-hybridized carbons (Fsp3) is 0.529. The number of nitrogens with zero attached hydrogens (tertiary/aromatic N) is 2. The van der Waals surface area contributed by atoms with E-state index in [0.717, 1.165) is 48.5 Å². The van der Waals surface area contributed by atoms with Gasteiger partial charge < -0.3 is 15.0 Å². The minimum absolute atomic E-state index is 0.0248. The van der Waals surface area contributed by atoms with E-state index in [1.807, 2.05) is 24.8 Å². The van der Waals surface area contributed by atoms with Crippen molar-refractivity contribution in [3.8, 4) is 5.75 Å². The molecule has 0 aliphatic carbocycles. The number of allylic oxidation sites excluding steroid dienone is 1. The van der Waals surface area contributed by atoms with Gasteiger partial charge in [0.05, 0.1) is 19.3 Å². The zero-order chi connectivity index (χ0) is 16.1. The summed E-state index contributed by atoms with van der Waals surface area (Å²) < 4.78 is 5.39. The van der Waals surface area contributed by atoms with E-state index in [4.69, 9.17) is 4.74 Å². The molecule has 1 aliphatic heterocycles. The van der Waals surface area contributed by atoms with Crippen LogP contribution < -0.4 is 10.1 Å². The quantitative estimate of drug-likeness (QED) is 0.870.